The van der Waals surface area contributed by atoms with E-state index in [0.717, 1.165) is 11.6 Å². The van der Waals surface area contributed by atoms with Gasteiger partial charge in [0.25, 0.3) is 0 Å². The topological polar surface area (TPSA) is 70.6 Å². The normalized spacial score (nSPS) is 17.8. The van der Waals surface area contributed by atoms with Gasteiger partial charge in [-0.1, -0.05) is 26.0 Å². The number of pyridine rings is 1. The molecule has 1 saturated heterocycles. The molecule has 0 bridgehead atoms. The molecule has 1 unspecified atom stereocenters. The Hall–Kier alpha value is -2.32. The molecule has 0 saturated carbocycles. The van der Waals surface area contributed by atoms with E-state index in [-0.39, 0.29) is 29.3 Å². The van der Waals surface area contributed by atoms with Crippen molar-refractivity contribution in [3.05, 3.63) is 59.7 Å². The summed E-state index contributed by atoms with van der Waals surface area (Å²) >= 11 is 0. The lowest BCUT2D eigenvalue weighted by Crippen LogP contribution is -2.52. The lowest BCUT2D eigenvalue weighted by molar-refractivity contribution is -0.138. The Kier molecular flexibility index (Phi) is 6.88. The van der Waals surface area contributed by atoms with Gasteiger partial charge in [0.15, 0.2) is 0 Å². The van der Waals surface area contributed by atoms with Gasteiger partial charge in [-0.2, -0.15) is 4.31 Å². The summed E-state index contributed by atoms with van der Waals surface area (Å²) in [5, 5.41) is 0. The Bertz CT molecular complexity index is 996. The summed E-state index contributed by atoms with van der Waals surface area (Å²) in [6.07, 6.45) is 4.74. The second kappa shape index (κ2) is 9.22. The number of hydrogen-bond acceptors (Lipinski definition) is 4. The zero-order valence-electron chi connectivity index (χ0n) is 17.6. The molecule has 0 N–H and O–H groups in total. The van der Waals surface area contributed by atoms with E-state index in [0.29, 0.717) is 31.5 Å². The predicted molar refractivity (Wildman–Crippen MR) is 113 cm³/mol. The van der Waals surface area contributed by atoms with Crippen LogP contribution in [0.15, 0.2) is 47.6 Å². The van der Waals surface area contributed by atoms with Crippen LogP contribution in [0.4, 0.5) is 4.39 Å². The number of aromatic nitrogens is 1. The van der Waals surface area contributed by atoms with Crippen LogP contribution in [0.25, 0.3) is 0 Å². The first-order chi connectivity index (χ1) is 14.2. The quantitative estimate of drug-likeness (QED) is 0.700. The third-order valence-corrected chi connectivity index (χ3v) is 7.29. The first-order valence-electron chi connectivity index (χ1n) is 10.2. The fourth-order valence-electron chi connectivity index (χ4n) is 3.68. The first-order valence-corrected chi connectivity index (χ1v) is 11.6. The van der Waals surface area contributed by atoms with Crippen molar-refractivity contribution in [3.63, 3.8) is 0 Å². The lowest BCUT2D eigenvalue weighted by atomic mass is 10.0. The molecule has 3 rings (SSSR count). The Morgan fingerprint density at radius 2 is 2.10 bits per heavy atom. The van der Waals surface area contributed by atoms with Crippen LogP contribution in [-0.2, 0) is 21.4 Å². The summed E-state index contributed by atoms with van der Waals surface area (Å²) < 4.78 is 41.6. The van der Waals surface area contributed by atoms with Crippen molar-refractivity contribution in [2.24, 2.45) is 5.92 Å². The molecule has 1 aliphatic rings. The van der Waals surface area contributed by atoms with Crippen molar-refractivity contribution in [2.75, 3.05) is 13.1 Å². The largest absolute Gasteiger partial charge is 0.334 e. The molecule has 0 aliphatic carbocycles. The number of hydrogen-bond donors (Lipinski definition) is 0. The molecule has 30 heavy (non-hydrogen) atoms. The van der Waals surface area contributed by atoms with Gasteiger partial charge in [0.05, 0.1) is 4.90 Å². The fourth-order valence-corrected chi connectivity index (χ4v) is 5.21. The minimum atomic E-state index is -3.84. The molecular formula is C22H28FN3O3S. The van der Waals surface area contributed by atoms with Crippen LogP contribution in [-0.4, -0.2) is 47.6 Å². The highest BCUT2D eigenvalue weighted by atomic mass is 32.2. The summed E-state index contributed by atoms with van der Waals surface area (Å²) in [6.45, 7) is 6.19. The fraction of sp³-hybridized carbons (Fsp3) is 0.455. The van der Waals surface area contributed by atoms with E-state index in [1.807, 2.05) is 26.0 Å². The number of rotatable bonds is 6. The van der Waals surface area contributed by atoms with Crippen LogP contribution in [0.3, 0.4) is 0 Å². The van der Waals surface area contributed by atoms with Gasteiger partial charge in [-0.05, 0) is 49.1 Å². The van der Waals surface area contributed by atoms with Crippen molar-refractivity contribution in [1.29, 1.82) is 0 Å². The Morgan fingerprint density at radius 1 is 1.33 bits per heavy atom. The zero-order valence-corrected chi connectivity index (χ0v) is 18.4. The van der Waals surface area contributed by atoms with Crippen molar-refractivity contribution in [2.45, 2.75) is 51.1 Å². The summed E-state index contributed by atoms with van der Waals surface area (Å²) in [7, 11) is -3.84. The maximum atomic E-state index is 14.0. The van der Waals surface area contributed by atoms with Gasteiger partial charge < -0.3 is 4.90 Å². The zero-order chi connectivity index (χ0) is 21.9. The van der Waals surface area contributed by atoms with Crippen molar-refractivity contribution < 1.29 is 17.6 Å². The van der Waals surface area contributed by atoms with Crippen molar-refractivity contribution in [1.82, 2.24) is 14.2 Å². The van der Waals surface area contributed by atoms with E-state index in [1.54, 1.807) is 24.2 Å². The van der Waals surface area contributed by atoms with Crippen molar-refractivity contribution in [3.8, 4) is 0 Å². The van der Waals surface area contributed by atoms with Gasteiger partial charge >= 0.3 is 0 Å². The number of nitrogens with zero attached hydrogens (tertiary/aromatic N) is 3. The highest BCUT2D eigenvalue weighted by Crippen LogP contribution is 2.26. The monoisotopic (exact) mass is 433 g/mol. The van der Waals surface area contributed by atoms with Gasteiger partial charge in [0, 0.05) is 44.0 Å². The molecule has 2 aromatic rings. The average Bonchev–Trinajstić information content (AvgIpc) is 2.74. The second-order valence-electron chi connectivity index (χ2n) is 8.05. The second-order valence-corrected chi connectivity index (χ2v) is 9.99. The summed E-state index contributed by atoms with van der Waals surface area (Å²) in [5.74, 6) is -0.776. The third kappa shape index (κ3) is 4.87. The third-order valence-electron chi connectivity index (χ3n) is 5.43. The first kappa shape index (κ1) is 22.4. The van der Waals surface area contributed by atoms with E-state index in [4.69, 9.17) is 0 Å². The van der Waals surface area contributed by atoms with Gasteiger partial charge in [0.2, 0.25) is 15.9 Å². The number of benzene rings is 1. The Labute approximate surface area is 177 Å². The lowest BCUT2D eigenvalue weighted by Gasteiger charge is -2.39. The molecule has 1 amide bonds. The summed E-state index contributed by atoms with van der Waals surface area (Å²) in [5.41, 5.74) is 1.29. The molecule has 0 spiro atoms. The van der Waals surface area contributed by atoms with Crippen LogP contribution in [0.1, 0.15) is 37.8 Å². The van der Waals surface area contributed by atoms with Crippen LogP contribution in [0.5, 0.6) is 0 Å². The smallest absolute Gasteiger partial charge is 0.243 e. The molecule has 162 valence electrons. The molecule has 1 fully saturated rings. The van der Waals surface area contributed by atoms with E-state index >= 15 is 0 Å². The number of halogens is 1. The Balaban J connectivity index is 1.85. The number of sulfonamides is 1. The van der Waals surface area contributed by atoms with Crippen LogP contribution in [0.2, 0.25) is 0 Å². The summed E-state index contributed by atoms with van der Waals surface area (Å²) in [6, 6.07) is 7.45. The molecule has 1 aromatic heterocycles. The standard InChI is InChI=1S/C22H28FN3O3S/c1-16(2)22(27)26(14-18-6-4-10-24-13-18)19-7-5-11-25(15-19)30(28,29)20-9-8-17(3)21(23)12-20/h4,6,8-10,12-13,16,19H,5,7,11,14-15H2,1-3H3. The molecule has 2 heterocycles. The number of aryl methyl sites for hydroxylation is 1. The van der Waals surface area contributed by atoms with Crippen molar-refractivity contribution >= 4 is 15.9 Å². The molecule has 6 nitrogen and oxygen atoms in total. The SMILES string of the molecule is Cc1ccc(S(=O)(=O)N2CCCC(N(Cc3cccnc3)C(=O)C(C)C)C2)cc1F. The minimum absolute atomic E-state index is 0.0236. The molecule has 8 heteroatoms. The van der Waals surface area contributed by atoms with Gasteiger partial charge in [0.1, 0.15) is 5.82 Å². The van der Waals surface area contributed by atoms with Gasteiger partial charge in [-0.3, -0.25) is 9.78 Å². The minimum Gasteiger partial charge on any atom is -0.334 e. The predicted octanol–water partition coefficient (Wildman–Crippen LogP) is 3.37. The van der Waals surface area contributed by atoms with E-state index in [1.165, 1.54) is 16.4 Å². The van der Waals surface area contributed by atoms with Gasteiger partial charge in [-0.25, -0.2) is 12.8 Å². The Morgan fingerprint density at radius 3 is 2.73 bits per heavy atom. The highest BCUT2D eigenvalue weighted by Gasteiger charge is 2.35. The number of amides is 1. The number of carbonyl (C=O) groups is 1. The number of piperidine rings is 1. The highest BCUT2D eigenvalue weighted by molar-refractivity contribution is 7.89. The van der Waals surface area contributed by atoms with Crippen LogP contribution in [0, 0.1) is 18.7 Å². The van der Waals surface area contributed by atoms with Crippen LogP contribution < -0.4 is 0 Å². The molecule has 1 atom stereocenters. The molecular weight excluding hydrogens is 405 g/mol. The van der Waals surface area contributed by atoms with Gasteiger partial charge in [-0.15, -0.1) is 0 Å². The average molecular weight is 434 g/mol. The maximum absolute atomic E-state index is 14.0. The molecule has 1 aromatic carbocycles. The van der Waals surface area contributed by atoms with E-state index in [9.17, 15) is 17.6 Å². The number of carbonyl (C=O) groups excluding carboxylic acids is 1. The van der Waals surface area contributed by atoms with E-state index < -0.39 is 15.8 Å². The van der Waals surface area contributed by atoms with E-state index in [2.05, 4.69) is 4.98 Å². The molecule has 1 aliphatic heterocycles. The summed E-state index contributed by atoms with van der Waals surface area (Å²) in [4.78, 5) is 18.8. The maximum Gasteiger partial charge on any atom is 0.243 e. The van der Waals surface area contributed by atoms with Crippen LogP contribution >= 0.6 is 0 Å². The molecule has 0 radical (unpaired) electrons.